The first kappa shape index (κ1) is 22.1. The number of nitrogens with one attached hydrogen (secondary N) is 2. The first-order chi connectivity index (χ1) is 15.1. The number of rotatable bonds is 7. The Bertz CT molecular complexity index is 1150. The van der Waals surface area contributed by atoms with Crippen LogP contribution in [-0.4, -0.2) is 39.2 Å². The predicted molar refractivity (Wildman–Crippen MR) is 116 cm³/mol. The zero-order valence-corrected chi connectivity index (χ0v) is 17.8. The molecule has 0 radical (unpaired) electrons. The van der Waals surface area contributed by atoms with Gasteiger partial charge in [0.25, 0.3) is 5.91 Å². The number of aliphatic hydroxyl groups excluding tert-OH is 1. The van der Waals surface area contributed by atoms with Crippen molar-refractivity contribution in [1.29, 1.82) is 0 Å². The normalized spacial score (nSPS) is 15.1. The molecule has 1 aliphatic carbocycles. The highest BCUT2D eigenvalue weighted by atomic mass is 19.4. The van der Waals surface area contributed by atoms with Crippen LogP contribution in [0.1, 0.15) is 53.8 Å². The summed E-state index contributed by atoms with van der Waals surface area (Å²) in [4.78, 5) is 16.8. The Morgan fingerprint density at radius 2 is 2.06 bits per heavy atom. The molecule has 9 heteroatoms. The fourth-order valence-electron chi connectivity index (χ4n) is 3.59. The Kier molecular flexibility index (Phi) is 5.85. The molecule has 1 unspecified atom stereocenters. The highest BCUT2D eigenvalue weighted by molar-refractivity contribution is 5.96. The van der Waals surface area contributed by atoms with Crippen LogP contribution in [0.3, 0.4) is 0 Å². The van der Waals surface area contributed by atoms with E-state index in [4.69, 9.17) is 0 Å². The van der Waals surface area contributed by atoms with Crippen LogP contribution in [0.25, 0.3) is 16.9 Å². The SMILES string of the molecule is Cc1cc(-c2cnc3c(NCCC(F)(F)F)cc(C(C)O)cn23)ccc1C(=O)NC1CC1. The van der Waals surface area contributed by atoms with Gasteiger partial charge < -0.3 is 15.7 Å². The number of imidazole rings is 1. The maximum absolute atomic E-state index is 12.6. The standard InChI is InChI=1S/C23H25F3N4O2/c1-13-9-15(3-6-18(13)22(32)29-17-4-5-17)20-11-28-21-19(27-8-7-23(24,25)26)10-16(14(2)31)12-30(20)21/h3,6,9-12,14,17,27,31H,4-5,7-8H2,1-2H3,(H,29,32). The van der Waals surface area contributed by atoms with Crippen molar-refractivity contribution in [1.82, 2.24) is 14.7 Å². The summed E-state index contributed by atoms with van der Waals surface area (Å²) < 4.78 is 39.5. The molecule has 2 heterocycles. The maximum atomic E-state index is 12.6. The van der Waals surface area contributed by atoms with Gasteiger partial charge in [-0.2, -0.15) is 13.2 Å². The Balaban J connectivity index is 1.68. The Morgan fingerprint density at radius 3 is 2.69 bits per heavy atom. The summed E-state index contributed by atoms with van der Waals surface area (Å²) >= 11 is 0. The molecule has 1 atom stereocenters. The fraction of sp³-hybridized carbons (Fsp3) is 0.391. The average molecular weight is 446 g/mol. The number of alkyl halides is 3. The number of pyridine rings is 1. The van der Waals surface area contributed by atoms with Crippen molar-refractivity contribution in [3.05, 3.63) is 53.3 Å². The van der Waals surface area contributed by atoms with Crippen molar-refractivity contribution in [2.75, 3.05) is 11.9 Å². The lowest BCUT2D eigenvalue weighted by Gasteiger charge is -2.14. The van der Waals surface area contributed by atoms with Crippen molar-refractivity contribution in [2.45, 2.75) is 51.4 Å². The molecule has 1 fully saturated rings. The quantitative estimate of drug-likeness (QED) is 0.495. The molecular weight excluding hydrogens is 421 g/mol. The highest BCUT2D eigenvalue weighted by Gasteiger charge is 2.27. The van der Waals surface area contributed by atoms with E-state index in [-0.39, 0.29) is 18.5 Å². The highest BCUT2D eigenvalue weighted by Crippen LogP contribution is 2.30. The number of fused-ring (bicyclic) bond motifs is 1. The van der Waals surface area contributed by atoms with Crippen molar-refractivity contribution in [3.8, 4) is 11.3 Å². The van der Waals surface area contributed by atoms with E-state index >= 15 is 0 Å². The lowest BCUT2D eigenvalue weighted by Crippen LogP contribution is -2.26. The summed E-state index contributed by atoms with van der Waals surface area (Å²) in [6.45, 7) is 3.16. The van der Waals surface area contributed by atoms with Gasteiger partial charge in [0.2, 0.25) is 0 Å². The van der Waals surface area contributed by atoms with E-state index in [0.717, 1.165) is 24.0 Å². The molecule has 2 aromatic heterocycles. The van der Waals surface area contributed by atoms with Crippen molar-refractivity contribution >= 4 is 17.2 Å². The van der Waals surface area contributed by atoms with Crippen LogP contribution in [0.2, 0.25) is 0 Å². The van der Waals surface area contributed by atoms with Gasteiger partial charge >= 0.3 is 6.18 Å². The van der Waals surface area contributed by atoms with E-state index in [1.165, 1.54) is 0 Å². The zero-order valence-electron chi connectivity index (χ0n) is 17.8. The number of anilines is 1. The summed E-state index contributed by atoms with van der Waals surface area (Å²) in [7, 11) is 0. The van der Waals surface area contributed by atoms with Gasteiger partial charge in [0.05, 0.1) is 30.1 Å². The summed E-state index contributed by atoms with van der Waals surface area (Å²) in [5.41, 5.74) is 4.35. The third-order valence-electron chi connectivity index (χ3n) is 5.51. The number of hydrogen-bond acceptors (Lipinski definition) is 4. The van der Waals surface area contributed by atoms with Gasteiger partial charge in [-0.3, -0.25) is 9.20 Å². The van der Waals surface area contributed by atoms with Crippen LogP contribution in [0.15, 0.2) is 36.7 Å². The van der Waals surface area contributed by atoms with Crippen LogP contribution in [0.4, 0.5) is 18.9 Å². The van der Waals surface area contributed by atoms with Crippen LogP contribution < -0.4 is 10.6 Å². The van der Waals surface area contributed by atoms with Gasteiger partial charge in [-0.15, -0.1) is 0 Å². The molecule has 3 aromatic rings. The molecule has 4 rings (SSSR count). The van der Waals surface area contributed by atoms with E-state index in [2.05, 4.69) is 15.6 Å². The largest absolute Gasteiger partial charge is 0.390 e. The topological polar surface area (TPSA) is 78.7 Å². The summed E-state index contributed by atoms with van der Waals surface area (Å²) in [6.07, 6.45) is -0.681. The van der Waals surface area contributed by atoms with Crippen LogP contribution >= 0.6 is 0 Å². The first-order valence-corrected chi connectivity index (χ1v) is 10.5. The number of aryl methyl sites for hydroxylation is 1. The molecule has 0 spiro atoms. The minimum Gasteiger partial charge on any atom is -0.389 e. The molecule has 6 nitrogen and oxygen atoms in total. The Labute approximate surface area is 183 Å². The minimum absolute atomic E-state index is 0.0952. The molecule has 1 saturated carbocycles. The Hall–Kier alpha value is -3.07. The number of nitrogens with zero attached hydrogens (tertiary/aromatic N) is 2. The van der Waals surface area contributed by atoms with Gasteiger partial charge in [-0.1, -0.05) is 6.07 Å². The van der Waals surface area contributed by atoms with Crippen molar-refractivity contribution < 1.29 is 23.1 Å². The van der Waals surface area contributed by atoms with E-state index in [9.17, 15) is 23.1 Å². The molecule has 0 bridgehead atoms. The Morgan fingerprint density at radius 1 is 1.31 bits per heavy atom. The lowest BCUT2D eigenvalue weighted by molar-refractivity contribution is -0.131. The van der Waals surface area contributed by atoms with Gasteiger partial charge in [0, 0.05) is 29.9 Å². The number of halogens is 3. The zero-order chi connectivity index (χ0) is 23.0. The van der Waals surface area contributed by atoms with E-state index < -0.39 is 18.7 Å². The summed E-state index contributed by atoms with van der Waals surface area (Å²) in [5, 5.41) is 15.9. The van der Waals surface area contributed by atoms with E-state index in [1.54, 1.807) is 35.9 Å². The smallest absolute Gasteiger partial charge is 0.389 e. The second-order valence-electron chi connectivity index (χ2n) is 8.27. The minimum atomic E-state index is -4.27. The van der Waals surface area contributed by atoms with Gasteiger partial charge in [-0.05, 0) is 56.0 Å². The molecule has 1 aliphatic rings. The van der Waals surface area contributed by atoms with Crippen LogP contribution in [0.5, 0.6) is 0 Å². The van der Waals surface area contributed by atoms with Gasteiger partial charge in [0.1, 0.15) is 0 Å². The molecule has 0 aliphatic heterocycles. The molecular formula is C23H25F3N4O2. The number of carbonyl (C=O) groups excluding carboxylic acids is 1. The molecule has 170 valence electrons. The first-order valence-electron chi connectivity index (χ1n) is 10.5. The monoisotopic (exact) mass is 446 g/mol. The molecule has 1 aromatic carbocycles. The van der Waals surface area contributed by atoms with E-state index in [0.29, 0.717) is 28.2 Å². The molecule has 32 heavy (non-hydrogen) atoms. The number of amides is 1. The summed E-state index contributed by atoms with van der Waals surface area (Å²) in [5.74, 6) is -0.0952. The number of aliphatic hydroxyl groups is 1. The van der Waals surface area contributed by atoms with Gasteiger partial charge in [0.15, 0.2) is 5.65 Å². The maximum Gasteiger partial charge on any atom is 0.390 e. The lowest BCUT2D eigenvalue weighted by atomic mass is 10.0. The van der Waals surface area contributed by atoms with Crippen LogP contribution in [0, 0.1) is 6.92 Å². The molecule has 1 amide bonds. The molecule has 0 saturated heterocycles. The van der Waals surface area contributed by atoms with Crippen LogP contribution in [-0.2, 0) is 0 Å². The third kappa shape index (κ3) is 4.88. The second kappa shape index (κ2) is 8.46. The number of hydrogen-bond donors (Lipinski definition) is 3. The average Bonchev–Trinajstić information content (AvgIpc) is 3.41. The number of aromatic nitrogens is 2. The fourth-order valence-corrected chi connectivity index (χ4v) is 3.59. The predicted octanol–water partition coefficient (Wildman–Crippen LogP) is 4.62. The van der Waals surface area contributed by atoms with Gasteiger partial charge in [-0.25, -0.2) is 4.98 Å². The van der Waals surface area contributed by atoms with E-state index in [1.807, 2.05) is 19.1 Å². The third-order valence-corrected chi connectivity index (χ3v) is 5.51. The van der Waals surface area contributed by atoms with Crippen molar-refractivity contribution in [2.24, 2.45) is 0 Å². The number of benzene rings is 1. The van der Waals surface area contributed by atoms with Crippen molar-refractivity contribution in [3.63, 3.8) is 0 Å². The molecule has 3 N–H and O–H groups in total. The number of carbonyl (C=O) groups is 1. The summed E-state index contributed by atoms with van der Waals surface area (Å²) in [6, 6.07) is 7.36. The second-order valence-corrected chi connectivity index (χ2v) is 8.27.